The summed E-state index contributed by atoms with van der Waals surface area (Å²) in [5.74, 6) is 1.51. The normalized spacial score (nSPS) is 30.5. The Labute approximate surface area is 310 Å². The van der Waals surface area contributed by atoms with Crippen molar-refractivity contribution in [2.45, 2.75) is 139 Å². The Morgan fingerprint density at radius 1 is 0.500 bits per heavy atom. The summed E-state index contributed by atoms with van der Waals surface area (Å²) >= 11 is 0. The monoisotopic (exact) mass is 708 g/mol. The van der Waals surface area contributed by atoms with Crippen molar-refractivity contribution in [3.63, 3.8) is 0 Å². The Kier molecular flexibility index (Phi) is 11.2. The van der Waals surface area contributed by atoms with Crippen molar-refractivity contribution in [3.05, 3.63) is 70.8 Å². The van der Waals surface area contributed by atoms with Crippen LogP contribution in [0.2, 0.25) is 0 Å². The highest BCUT2D eigenvalue weighted by Crippen LogP contribution is 2.54. The number of carbonyl (C=O) groups is 3. The van der Waals surface area contributed by atoms with E-state index in [1.54, 1.807) is 22.3 Å². The summed E-state index contributed by atoms with van der Waals surface area (Å²) in [5, 5.41) is 12.0. The number of ketones is 1. The van der Waals surface area contributed by atoms with Gasteiger partial charge in [0, 0.05) is 62.2 Å². The van der Waals surface area contributed by atoms with Gasteiger partial charge in [-0.25, -0.2) is 9.59 Å². The number of nitrogens with zero attached hydrogens (tertiary/aromatic N) is 2. The number of nitrogens with one attached hydrogen (secondary N) is 4. The molecule has 0 aromatic heterocycles. The third kappa shape index (κ3) is 7.91. The van der Waals surface area contributed by atoms with E-state index in [0.717, 1.165) is 63.2 Å². The van der Waals surface area contributed by atoms with Gasteiger partial charge in [-0.1, -0.05) is 48.5 Å². The lowest BCUT2D eigenvalue weighted by Gasteiger charge is -2.31. The number of hydrogen-bond acceptors (Lipinski definition) is 5. The van der Waals surface area contributed by atoms with Crippen LogP contribution in [-0.2, 0) is 4.79 Å². The van der Waals surface area contributed by atoms with E-state index >= 15 is 0 Å². The zero-order chi connectivity index (χ0) is 35.4. The fourth-order valence-corrected chi connectivity index (χ4v) is 11.0. The third-order valence-corrected chi connectivity index (χ3v) is 13.8. The topological polar surface area (TPSA) is 106 Å². The maximum absolute atomic E-state index is 12.5. The Morgan fingerprint density at radius 2 is 0.846 bits per heavy atom. The van der Waals surface area contributed by atoms with Crippen LogP contribution in [0.1, 0.15) is 149 Å². The summed E-state index contributed by atoms with van der Waals surface area (Å²) in [7, 11) is 0. The van der Waals surface area contributed by atoms with Crippen molar-refractivity contribution in [2.75, 3.05) is 26.2 Å². The Bertz CT molecular complexity index is 1390. The molecule has 2 aromatic rings. The van der Waals surface area contributed by atoms with Crippen LogP contribution in [0.25, 0.3) is 0 Å². The smallest absolute Gasteiger partial charge is 0.315 e. The van der Waals surface area contributed by atoms with Gasteiger partial charge in [-0.2, -0.15) is 0 Å². The zero-order valence-electron chi connectivity index (χ0n) is 31.0. The molecule has 0 radical (unpaired) electrons. The predicted octanol–water partition coefficient (Wildman–Crippen LogP) is 7.62. The molecule has 9 heteroatoms. The van der Waals surface area contributed by atoms with Crippen molar-refractivity contribution in [2.24, 2.45) is 11.8 Å². The molecule has 4 amide bonds. The second-order valence-electron chi connectivity index (χ2n) is 16.8. The lowest BCUT2D eigenvalue weighted by Crippen LogP contribution is -2.44. The van der Waals surface area contributed by atoms with Crippen LogP contribution in [0, 0.1) is 11.8 Å². The van der Waals surface area contributed by atoms with Gasteiger partial charge in [-0.15, -0.1) is 0 Å². The predicted molar refractivity (Wildman–Crippen MR) is 204 cm³/mol. The van der Waals surface area contributed by atoms with Crippen molar-refractivity contribution in [3.8, 4) is 0 Å². The van der Waals surface area contributed by atoms with E-state index in [9.17, 15) is 14.4 Å². The maximum Gasteiger partial charge on any atom is 0.315 e. The fourth-order valence-electron chi connectivity index (χ4n) is 11.0. The molecule has 4 heterocycles. The Hall–Kier alpha value is -3.43. The van der Waals surface area contributed by atoms with Crippen molar-refractivity contribution in [1.29, 1.82) is 0 Å². The van der Waals surface area contributed by atoms with Gasteiger partial charge in [-0.3, -0.25) is 14.6 Å². The van der Waals surface area contributed by atoms with Crippen molar-refractivity contribution < 1.29 is 14.4 Å². The SMILES string of the molecule is O=C(CCNC(=O)NC1CCC(CCN2C3CCC2c2ccccc23)CC1)CCNC(=O)NC1CCC(CCN2C3CCC2c2ccccc23)CC1. The minimum atomic E-state index is -0.177. The highest BCUT2D eigenvalue weighted by atomic mass is 16.2. The molecular weight excluding hydrogens is 649 g/mol. The molecule has 6 aliphatic rings. The summed E-state index contributed by atoms with van der Waals surface area (Å²) in [6.45, 7) is 3.00. The first kappa shape index (κ1) is 35.6. The van der Waals surface area contributed by atoms with Crippen LogP contribution in [0.5, 0.6) is 0 Å². The first-order chi connectivity index (χ1) is 25.5. The van der Waals surface area contributed by atoms with Gasteiger partial charge < -0.3 is 21.3 Å². The van der Waals surface area contributed by atoms with E-state index in [2.05, 4.69) is 79.6 Å². The van der Waals surface area contributed by atoms with Gasteiger partial charge in [0.2, 0.25) is 0 Å². The van der Waals surface area contributed by atoms with E-state index in [4.69, 9.17) is 0 Å². The number of benzene rings is 2. The minimum Gasteiger partial charge on any atom is -0.338 e. The minimum absolute atomic E-state index is 0.0469. The molecule has 4 bridgehead atoms. The van der Waals surface area contributed by atoms with Gasteiger partial charge in [0.1, 0.15) is 5.78 Å². The summed E-state index contributed by atoms with van der Waals surface area (Å²) in [5.41, 5.74) is 6.24. The molecule has 9 nitrogen and oxygen atoms in total. The third-order valence-electron chi connectivity index (χ3n) is 13.8. The van der Waals surface area contributed by atoms with Gasteiger partial charge in [0.15, 0.2) is 0 Å². The highest BCUT2D eigenvalue weighted by molar-refractivity contribution is 5.81. The molecule has 8 rings (SSSR count). The number of carbonyl (C=O) groups excluding carboxylic acids is 3. The van der Waals surface area contributed by atoms with Crippen LogP contribution >= 0.6 is 0 Å². The van der Waals surface area contributed by atoms with Gasteiger partial charge in [-0.05, 0) is 137 Å². The number of rotatable bonds is 14. The molecule has 0 spiro atoms. The molecule has 4 unspecified atom stereocenters. The molecule has 4 fully saturated rings. The van der Waals surface area contributed by atoms with Crippen molar-refractivity contribution in [1.82, 2.24) is 31.1 Å². The second-order valence-corrected chi connectivity index (χ2v) is 16.8. The molecule has 2 saturated carbocycles. The number of fused-ring (bicyclic) bond motifs is 10. The lowest BCUT2D eigenvalue weighted by molar-refractivity contribution is -0.118. The quantitative estimate of drug-likeness (QED) is 0.162. The molecule has 4 atom stereocenters. The average molecular weight is 709 g/mol. The van der Waals surface area contributed by atoms with Crippen LogP contribution < -0.4 is 21.3 Å². The second kappa shape index (κ2) is 16.3. The first-order valence-electron chi connectivity index (χ1n) is 20.8. The average Bonchev–Trinajstić information content (AvgIpc) is 3.92. The van der Waals surface area contributed by atoms with Crippen LogP contribution in [0.3, 0.4) is 0 Å². The van der Waals surface area contributed by atoms with Gasteiger partial charge >= 0.3 is 12.1 Å². The molecule has 52 heavy (non-hydrogen) atoms. The summed E-state index contributed by atoms with van der Waals surface area (Å²) in [6.07, 6.45) is 17.0. The van der Waals surface area contributed by atoms with Gasteiger partial charge in [0.05, 0.1) is 0 Å². The molecule has 280 valence electrons. The van der Waals surface area contributed by atoms with E-state index in [0.29, 0.717) is 37.3 Å². The van der Waals surface area contributed by atoms with E-state index in [1.165, 1.54) is 51.6 Å². The number of urea groups is 2. The lowest BCUT2D eigenvalue weighted by atomic mass is 9.84. The molecule has 2 aromatic carbocycles. The van der Waals surface area contributed by atoms with Gasteiger partial charge in [0.25, 0.3) is 0 Å². The number of Topliss-reactive ketones (excluding diaryl/α,β-unsaturated/α-hetero) is 1. The van der Waals surface area contributed by atoms with Crippen LogP contribution in [0.15, 0.2) is 48.5 Å². The molecule has 2 aliphatic carbocycles. The van der Waals surface area contributed by atoms with E-state index in [-0.39, 0.29) is 42.8 Å². The molecular formula is C43H60N6O3. The van der Waals surface area contributed by atoms with E-state index < -0.39 is 0 Å². The fraction of sp³-hybridized carbons (Fsp3) is 0.651. The Morgan fingerprint density at radius 3 is 1.19 bits per heavy atom. The molecule has 2 saturated heterocycles. The largest absolute Gasteiger partial charge is 0.338 e. The van der Waals surface area contributed by atoms with E-state index in [1.807, 2.05) is 0 Å². The van der Waals surface area contributed by atoms with Crippen LogP contribution in [-0.4, -0.2) is 65.9 Å². The highest BCUT2D eigenvalue weighted by Gasteiger charge is 2.44. The number of amides is 4. The maximum atomic E-state index is 12.5. The summed E-state index contributed by atoms with van der Waals surface area (Å²) < 4.78 is 0. The zero-order valence-corrected chi connectivity index (χ0v) is 31.0. The summed E-state index contributed by atoms with van der Waals surface area (Å²) in [6, 6.07) is 20.6. The first-order valence-corrected chi connectivity index (χ1v) is 20.8. The van der Waals surface area contributed by atoms with Crippen LogP contribution in [0.4, 0.5) is 9.59 Å². The van der Waals surface area contributed by atoms with Crippen molar-refractivity contribution >= 4 is 17.8 Å². The standard InChI is InChI=1S/C43H60N6O3/c50-33(21-25-44-42(51)46-31-13-9-29(10-14-31)23-27-48-38-17-18-39(48)35-6-2-1-5-34(35)38)22-26-45-43(52)47-32-15-11-30(12-16-32)24-28-49-40-19-20-41(49)37-8-4-3-7-36(37)40/h1-8,29-32,38-41H,9-28H2,(H2,44,46,51)(H2,45,47,52). The molecule has 4 aliphatic heterocycles. The Balaban J connectivity index is 0.632. The molecule has 4 N–H and O–H groups in total. The summed E-state index contributed by atoms with van der Waals surface area (Å²) in [4.78, 5) is 43.0. The number of hydrogen-bond donors (Lipinski definition) is 4.